The van der Waals surface area contributed by atoms with E-state index in [9.17, 15) is 9.59 Å². The molecule has 67 heavy (non-hydrogen) atoms. The number of anilines is 1. The molecule has 4 saturated heterocycles. The molecule has 0 unspecified atom stereocenters. The average Bonchev–Trinajstić information content (AvgIpc) is 3.36. The first kappa shape index (κ1) is 50.9. The van der Waals surface area contributed by atoms with E-state index in [1.54, 1.807) is 12.4 Å². The second-order valence-electron chi connectivity index (χ2n) is 18.7. The SMILES string of the molecule is C[C@H]1CN(c2ncc(C#N)cn2)CC[C@H]1C(=O)NCCC1CCN(Cc2ccccc2)CC1.C[C@H]1CNCC[C@H]1C(=O)NCCC1CCN(Cc2ccccc2)CC1.N#Cc1cnc(Cl)nc1. The summed E-state index contributed by atoms with van der Waals surface area (Å²) in [6.07, 6.45) is 14.8. The molecule has 15 heteroatoms. The van der Waals surface area contributed by atoms with Gasteiger partial charge >= 0.3 is 0 Å². The number of nitriles is 2. The van der Waals surface area contributed by atoms with Gasteiger partial charge in [-0.05, 0) is 137 Å². The quantitative estimate of drug-likeness (QED) is 0.119. The molecule has 2 aromatic heterocycles. The van der Waals surface area contributed by atoms with Crippen molar-refractivity contribution in [3.8, 4) is 12.1 Å². The van der Waals surface area contributed by atoms with Crippen molar-refractivity contribution in [2.24, 2.45) is 35.5 Å². The third kappa shape index (κ3) is 17.0. The molecule has 2 aromatic carbocycles. The molecule has 4 fully saturated rings. The fourth-order valence-electron chi connectivity index (χ4n) is 9.64. The summed E-state index contributed by atoms with van der Waals surface area (Å²) in [6.45, 7) is 16.1. The molecule has 14 nitrogen and oxygen atoms in total. The van der Waals surface area contributed by atoms with Crippen LogP contribution in [0.4, 0.5) is 5.95 Å². The third-order valence-electron chi connectivity index (χ3n) is 13.8. The van der Waals surface area contributed by atoms with E-state index in [1.807, 2.05) is 12.1 Å². The highest BCUT2D eigenvalue weighted by molar-refractivity contribution is 6.28. The zero-order valence-corrected chi connectivity index (χ0v) is 40.2. The van der Waals surface area contributed by atoms with Gasteiger partial charge in [-0.2, -0.15) is 10.5 Å². The monoisotopic (exact) mass is 929 g/mol. The van der Waals surface area contributed by atoms with E-state index < -0.39 is 0 Å². The highest BCUT2D eigenvalue weighted by atomic mass is 35.5. The molecule has 0 bridgehead atoms. The molecule has 4 aliphatic rings. The number of aromatic nitrogens is 4. The third-order valence-corrected chi connectivity index (χ3v) is 14.0. The molecule has 356 valence electrons. The molecule has 4 aliphatic heterocycles. The molecule has 0 aliphatic carbocycles. The van der Waals surface area contributed by atoms with Crippen LogP contribution in [0.15, 0.2) is 85.5 Å². The number of likely N-dealkylation sites (tertiary alicyclic amines) is 2. The molecule has 0 spiro atoms. The first-order chi connectivity index (χ1) is 32.7. The van der Waals surface area contributed by atoms with Crippen molar-refractivity contribution in [2.45, 2.75) is 78.3 Å². The standard InChI is InChI=1S/C26H34N6O.C21H33N3O.C5H2ClN3/c1-20-18-32(26-29-16-23(15-27)17-30-26)14-10-24(20)25(33)28-11-7-21-8-12-31(13-9-21)19-22-5-3-2-4-6-22;1-17-15-22-11-8-20(17)21(25)23-12-7-18-9-13-24(14-10-18)16-19-5-3-2-4-6-19;6-5-8-2-4(1-7)3-9-5/h2-6,16-17,20-21,24H,7-14,18-19H2,1H3,(H,28,33);2-6,17-18,20,22H,7-16H2,1H3,(H,23,25);2-3H/t20-,24+;17-,20+;/m00./s1. The molecule has 8 rings (SSSR count). The minimum absolute atomic E-state index is 0.0346. The predicted octanol–water partition coefficient (Wildman–Crippen LogP) is 6.88. The van der Waals surface area contributed by atoms with Crippen molar-refractivity contribution < 1.29 is 9.59 Å². The van der Waals surface area contributed by atoms with Gasteiger partial charge in [0, 0.05) is 63.5 Å². The van der Waals surface area contributed by atoms with E-state index in [4.69, 9.17) is 22.1 Å². The lowest BCUT2D eigenvalue weighted by atomic mass is 9.86. The number of carbonyl (C=O) groups excluding carboxylic acids is 2. The maximum Gasteiger partial charge on any atom is 0.225 e. The number of halogens is 1. The summed E-state index contributed by atoms with van der Waals surface area (Å²) in [6, 6.07) is 25.3. The lowest BCUT2D eigenvalue weighted by Crippen LogP contribution is -2.46. The summed E-state index contributed by atoms with van der Waals surface area (Å²) in [7, 11) is 0. The molecule has 4 aromatic rings. The number of nitrogens with one attached hydrogen (secondary N) is 3. The molecular weight excluding hydrogens is 860 g/mol. The van der Waals surface area contributed by atoms with Crippen molar-refractivity contribution in [1.82, 2.24) is 45.7 Å². The van der Waals surface area contributed by atoms with Crippen LogP contribution in [0.25, 0.3) is 0 Å². The zero-order valence-electron chi connectivity index (χ0n) is 39.4. The maximum absolute atomic E-state index is 12.8. The Balaban J connectivity index is 0.000000191. The molecule has 4 atom stereocenters. The van der Waals surface area contributed by atoms with Crippen LogP contribution < -0.4 is 20.9 Å². The number of hydrogen-bond donors (Lipinski definition) is 3. The summed E-state index contributed by atoms with van der Waals surface area (Å²) < 4.78 is 0. The van der Waals surface area contributed by atoms with Gasteiger partial charge in [-0.3, -0.25) is 19.4 Å². The van der Waals surface area contributed by atoms with E-state index in [2.05, 4.69) is 125 Å². The minimum atomic E-state index is 0.0346. The van der Waals surface area contributed by atoms with Crippen LogP contribution in [-0.2, 0) is 22.7 Å². The number of carbonyl (C=O) groups is 2. The molecule has 0 saturated carbocycles. The Hall–Kier alpha value is -5.51. The first-order valence-electron chi connectivity index (χ1n) is 24.3. The predicted molar refractivity (Wildman–Crippen MR) is 262 cm³/mol. The minimum Gasteiger partial charge on any atom is -0.356 e. The number of amides is 2. The van der Waals surface area contributed by atoms with E-state index >= 15 is 0 Å². The zero-order chi connectivity index (χ0) is 47.2. The highest BCUT2D eigenvalue weighted by Crippen LogP contribution is 2.27. The highest BCUT2D eigenvalue weighted by Gasteiger charge is 2.32. The van der Waals surface area contributed by atoms with Crippen LogP contribution in [0.3, 0.4) is 0 Å². The van der Waals surface area contributed by atoms with Gasteiger partial charge in [0.15, 0.2) is 0 Å². The van der Waals surface area contributed by atoms with E-state index in [0.29, 0.717) is 28.9 Å². The molecule has 2 amide bonds. The Morgan fingerprint density at radius 1 is 0.657 bits per heavy atom. The van der Waals surface area contributed by atoms with Gasteiger partial charge in [-0.15, -0.1) is 0 Å². The smallest absolute Gasteiger partial charge is 0.225 e. The fourth-order valence-corrected chi connectivity index (χ4v) is 9.74. The van der Waals surface area contributed by atoms with Crippen LogP contribution >= 0.6 is 11.6 Å². The van der Waals surface area contributed by atoms with Crippen LogP contribution in [0.5, 0.6) is 0 Å². The number of nitrogens with zero attached hydrogens (tertiary/aromatic N) is 9. The number of rotatable bonds is 13. The Morgan fingerprint density at radius 3 is 1.57 bits per heavy atom. The average molecular weight is 930 g/mol. The Labute approximate surface area is 402 Å². The van der Waals surface area contributed by atoms with Gasteiger partial charge in [0.1, 0.15) is 12.1 Å². The number of piperidine rings is 4. The lowest BCUT2D eigenvalue weighted by Gasteiger charge is -2.36. The number of hydrogen-bond acceptors (Lipinski definition) is 12. The van der Waals surface area contributed by atoms with Crippen molar-refractivity contribution >= 4 is 29.4 Å². The maximum atomic E-state index is 12.8. The van der Waals surface area contributed by atoms with E-state index in [1.165, 1.54) is 62.3 Å². The Bertz CT molecular complexity index is 2150. The molecule has 0 radical (unpaired) electrons. The van der Waals surface area contributed by atoms with Gasteiger partial charge in [0.05, 0.1) is 23.5 Å². The van der Waals surface area contributed by atoms with Crippen LogP contribution in [0.1, 0.15) is 87.5 Å². The number of benzene rings is 2. The first-order valence-corrected chi connectivity index (χ1v) is 24.7. The van der Waals surface area contributed by atoms with Gasteiger partial charge < -0.3 is 20.9 Å². The Morgan fingerprint density at radius 2 is 1.12 bits per heavy atom. The van der Waals surface area contributed by atoms with Gasteiger partial charge in [0.2, 0.25) is 23.0 Å². The summed E-state index contributed by atoms with van der Waals surface area (Å²) in [5, 5.41) is 27.1. The van der Waals surface area contributed by atoms with E-state index in [-0.39, 0.29) is 34.9 Å². The van der Waals surface area contributed by atoms with Crippen molar-refractivity contribution in [3.05, 3.63) is 113 Å². The van der Waals surface area contributed by atoms with Crippen LogP contribution in [0, 0.1) is 58.2 Å². The normalized spacial score (nSPS) is 21.5. The van der Waals surface area contributed by atoms with E-state index in [0.717, 1.165) is 97.0 Å². The summed E-state index contributed by atoms with van der Waals surface area (Å²) in [5.74, 6) is 3.48. The van der Waals surface area contributed by atoms with Crippen LogP contribution in [0.2, 0.25) is 5.28 Å². The second-order valence-corrected chi connectivity index (χ2v) is 19.0. The van der Waals surface area contributed by atoms with Gasteiger partial charge in [-0.1, -0.05) is 74.5 Å². The van der Waals surface area contributed by atoms with Gasteiger partial charge in [0.25, 0.3) is 0 Å². The van der Waals surface area contributed by atoms with Crippen molar-refractivity contribution in [1.29, 1.82) is 10.5 Å². The largest absolute Gasteiger partial charge is 0.356 e. The molecule has 6 heterocycles. The summed E-state index contributed by atoms with van der Waals surface area (Å²) in [5.41, 5.74) is 3.67. The topological polar surface area (TPSA) is 179 Å². The van der Waals surface area contributed by atoms with Crippen molar-refractivity contribution in [3.63, 3.8) is 0 Å². The fraction of sp³-hybridized carbons (Fsp3) is 0.538. The molecular formula is C52H69ClN12O2. The van der Waals surface area contributed by atoms with Crippen LogP contribution in [-0.4, -0.2) is 107 Å². The Kier molecular flexibility index (Phi) is 20.8. The molecule has 3 N–H and O–H groups in total. The lowest BCUT2D eigenvalue weighted by molar-refractivity contribution is -0.128. The van der Waals surface area contributed by atoms with Gasteiger partial charge in [-0.25, -0.2) is 19.9 Å². The summed E-state index contributed by atoms with van der Waals surface area (Å²) in [4.78, 5) is 48.1. The second kappa shape index (κ2) is 27.3. The summed E-state index contributed by atoms with van der Waals surface area (Å²) >= 11 is 5.34. The van der Waals surface area contributed by atoms with Crippen molar-refractivity contribution in [2.75, 3.05) is 70.3 Å².